The van der Waals surface area contributed by atoms with Gasteiger partial charge in [0.2, 0.25) is 0 Å². The van der Waals surface area contributed by atoms with Gasteiger partial charge in [0.15, 0.2) is 0 Å². The first-order chi connectivity index (χ1) is 19.3. The Morgan fingerprint density at radius 3 is 2.40 bits per heavy atom. The van der Waals surface area contributed by atoms with Gasteiger partial charge in [-0.2, -0.15) is 0 Å². The van der Waals surface area contributed by atoms with Crippen LogP contribution in [0.1, 0.15) is 54.3 Å². The van der Waals surface area contributed by atoms with Crippen LogP contribution in [-0.4, -0.2) is 23.4 Å². The Bertz CT molecular complexity index is 1570. The van der Waals surface area contributed by atoms with Crippen molar-refractivity contribution in [1.82, 2.24) is 0 Å². The van der Waals surface area contributed by atoms with E-state index < -0.39 is 17.7 Å². The lowest BCUT2D eigenvalue weighted by Gasteiger charge is -2.24. The molecule has 1 fully saturated rings. The predicted molar refractivity (Wildman–Crippen MR) is 158 cm³/mol. The Labute approximate surface area is 238 Å². The first-order valence-electron chi connectivity index (χ1n) is 13.2. The van der Waals surface area contributed by atoms with Gasteiger partial charge in [0.25, 0.3) is 11.7 Å². The molecule has 0 saturated carbocycles. The fourth-order valence-electron chi connectivity index (χ4n) is 4.89. The second-order valence-electron chi connectivity index (χ2n) is 9.94. The second-order valence-corrected chi connectivity index (χ2v) is 10.9. The number of hydrogen-bond acceptors (Lipinski definition) is 6. The molecule has 40 heavy (non-hydrogen) atoms. The molecule has 6 nitrogen and oxygen atoms in total. The molecule has 4 aromatic rings. The van der Waals surface area contributed by atoms with Crippen molar-refractivity contribution in [3.63, 3.8) is 0 Å². The molecule has 1 atom stereocenters. The van der Waals surface area contributed by atoms with Gasteiger partial charge in [-0.3, -0.25) is 14.5 Å². The molecule has 2 heterocycles. The molecule has 0 radical (unpaired) electrons. The van der Waals surface area contributed by atoms with Gasteiger partial charge in [-0.15, -0.1) is 11.3 Å². The number of carbonyl (C=O) groups excluding carboxylic acids is 2. The molecule has 1 unspecified atom stereocenters. The van der Waals surface area contributed by atoms with Crippen LogP contribution >= 0.6 is 11.3 Å². The van der Waals surface area contributed by atoms with E-state index in [1.165, 1.54) is 16.2 Å². The lowest BCUT2D eigenvalue weighted by Crippen LogP contribution is -2.29. The molecule has 1 amide bonds. The lowest BCUT2D eigenvalue weighted by molar-refractivity contribution is -0.132. The highest BCUT2D eigenvalue weighted by molar-refractivity contribution is 7.10. The molecular formula is C33H31NO5S. The summed E-state index contributed by atoms with van der Waals surface area (Å²) < 4.78 is 11.7. The maximum atomic E-state index is 13.5. The molecule has 1 aromatic heterocycles. The van der Waals surface area contributed by atoms with E-state index in [-0.39, 0.29) is 17.3 Å². The zero-order valence-electron chi connectivity index (χ0n) is 22.9. The Balaban J connectivity index is 1.55. The topological polar surface area (TPSA) is 76.1 Å². The highest BCUT2D eigenvalue weighted by Crippen LogP contribution is 2.44. The number of hydrogen-bond donors (Lipinski definition) is 1. The number of Topliss-reactive ketones (excluding diaryl/α,β-unsaturated/α-hetero) is 1. The Morgan fingerprint density at radius 1 is 0.975 bits per heavy atom. The fourth-order valence-corrected chi connectivity index (χ4v) is 5.72. The molecule has 1 N–H and O–H groups in total. The van der Waals surface area contributed by atoms with E-state index in [2.05, 4.69) is 0 Å². The fraction of sp³-hybridized carbons (Fsp3) is 0.212. The summed E-state index contributed by atoms with van der Waals surface area (Å²) in [6, 6.07) is 23.1. The van der Waals surface area contributed by atoms with E-state index in [1.807, 2.05) is 75.5 Å². The van der Waals surface area contributed by atoms with Crippen molar-refractivity contribution in [2.24, 2.45) is 0 Å². The number of nitrogens with zero attached hydrogens (tertiary/aromatic N) is 1. The average molecular weight is 554 g/mol. The molecule has 1 aliphatic heterocycles. The number of rotatable bonds is 8. The van der Waals surface area contributed by atoms with Crippen LogP contribution in [0.15, 0.2) is 89.8 Å². The molecule has 0 bridgehead atoms. The third-order valence-electron chi connectivity index (χ3n) is 6.80. The summed E-state index contributed by atoms with van der Waals surface area (Å²) in [6.07, 6.45) is 0. The highest BCUT2D eigenvalue weighted by Gasteiger charge is 2.47. The number of amides is 1. The van der Waals surface area contributed by atoms with E-state index in [0.29, 0.717) is 29.4 Å². The molecule has 1 aliphatic rings. The van der Waals surface area contributed by atoms with E-state index in [1.54, 1.807) is 36.4 Å². The largest absolute Gasteiger partial charge is 0.507 e. The summed E-state index contributed by atoms with van der Waals surface area (Å²) in [5, 5.41) is 13.4. The van der Waals surface area contributed by atoms with Gasteiger partial charge >= 0.3 is 0 Å². The zero-order valence-corrected chi connectivity index (χ0v) is 23.7. The van der Waals surface area contributed by atoms with E-state index in [4.69, 9.17) is 9.47 Å². The molecule has 0 spiro atoms. The summed E-state index contributed by atoms with van der Waals surface area (Å²) in [5.41, 5.74) is 3.06. The predicted octanol–water partition coefficient (Wildman–Crippen LogP) is 8.00. The van der Waals surface area contributed by atoms with Crippen LogP contribution < -0.4 is 14.4 Å². The van der Waals surface area contributed by atoms with Gasteiger partial charge in [-0.05, 0) is 96.9 Å². The molecule has 5 rings (SSSR count). The molecular weight excluding hydrogens is 522 g/mol. The van der Waals surface area contributed by atoms with Crippen LogP contribution in [0.2, 0.25) is 0 Å². The van der Waals surface area contributed by atoms with Gasteiger partial charge in [-0.1, -0.05) is 32.0 Å². The average Bonchev–Trinajstić information content (AvgIpc) is 3.56. The molecule has 3 aromatic carbocycles. The van der Waals surface area contributed by atoms with Crippen molar-refractivity contribution in [3.8, 4) is 17.2 Å². The van der Waals surface area contributed by atoms with Gasteiger partial charge in [-0.25, -0.2) is 0 Å². The maximum Gasteiger partial charge on any atom is 0.300 e. The van der Waals surface area contributed by atoms with Crippen molar-refractivity contribution >= 4 is 34.5 Å². The van der Waals surface area contributed by atoms with Crippen LogP contribution in [0.5, 0.6) is 17.2 Å². The smallest absolute Gasteiger partial charge is 0.300 e. The number of aliphatic hydroxyl groups excluding tert-OH is 1. The minimum atomic E-state index is -0.766. The number of ether oxygens (including phenoxy) is 2. The van der Waals surface area contributed by atoms with Gasteiger partial charge in [0.05, 0.1) is 12.2 Å². The van der Waals surface area contributed by atoms with Crippen molar-refractivity contribution in [2.75, 3.05) is 11.5 Å². The van der Waals surface area contributed by atoms with Crippen molar-refractivity contribution in [3.05, 3.63) is 111 Å². The first-order valence-corrected chi connectivity index (χ1v) is 14.1. The molecule has 1 saturated heterocycles. The van der Waals surface area contributed by atoms with Gasteiger partial charge < -0.3 is 14.6 Å². The van der Waals surface area contributed by atoms with Gasteiger partial charge in [0.1, 0.15) is 29.0 Å². The second kappa shape index (κ2) is 11.4. The number of anilines is 1. The van der Waals surface area contributed by atoms with Crippen molar-refractivity contribution in [1.29, 1.82) is 0 Å². The Hall–Kier alpha value is -4.36. The number of benzene rings is 3. The van der Waals surface area contributed by atoms with Crippen LogP contribution in [0.3, 0.4) is 0 Å². The Kier molecular flexibility index (Phi) is 7.76. The zero-order chi connectivity index (χ0) is 28.4. The van der Waals surface area contributed by atoms with Crippen LogP contribution in [-0.2, 0) is 9.59 Å². The van der Waals surface area contributed by atoms with E-state index in [0.717, 1.165) is 21.8 Å². The molecule has 7 heteroatoms. The van der Waals surface area contributed by atoms with Gasteiger partial charge in [0, 0.05) is 16.1 Å². The van der Waals surface area contributed by atoms with Crippen LogP contribution in [0, 0.1) is 6.92 Å². The number of thiophene rings is 1. The highest BCUT2D eigenvalue weighted by atomic mass is 32.1. The summed E-state index contributed by atoms with van der Waals surface area (Å²) in [4.78, 5) is 29.2. The summed E-state index contributed by atoms with van der Waals surface area (Å²) in [7, 11) is 0. The lowest BCUT2D eigenvalue weighted by atomic mass is 9.95. The standard InChI is InChI=1S/C33H31NO5S/c1-5-38-27-16-11-22(19-26(27)20(2)3)31(35)29-30(28-10-7-17-40-28)34(33(37)32(29)36)23-12-14-24(15-13-23)39-25-9-6-8-21(4)18-25/h6-20,30,35H,5H2,1-4H3/b31-29-. The van der Waals surface area contributed by atoms with Crippen molar-refractivity contribution in [2.45, 2.75) is 39.7 Å². The number of carbonyl (C=O) groups is 2. The minimum absolute atomic E-state index is 0.0615. The third-order valence-corrected chi connectivity index (χ3v) is 7.73. The minimum Gasteiger partial charge on any atom is -0.507 e. The maximum absolute atomic E-state index is 13.5. The summed E-state index contributed by atoms with van der Waals surface area (Å²) in [6.45, 7) is 8.51. The van der Waals surface area contributed by atoms with Crippen LogP contribution in [0.25, 0.3) is 5.76 Å². The third kappa shape index (κ3) is 5.25. The Morgan fingerprint density at radius 2 is 1.75 bits per heavy atom. The number of aliphatic hydroxyl groups is 1. The van der Waals surface area contributed by atoms with E-state index in [9.17, 15) is 14.7 Å². The molecule has 0 aliphatic carbocycles. The quantitative estimate of drug-likeness (QED) is 0.136. The van der Waals surface area contributed by atoms with Crippen LogP contribution in [0.4, 0.5) is 5.69 Å². The van der Waals surface area contributed by atoms with E-state index >= 15 is 0 Å². The number of ketones is 1. The number of aryl methyl sites for hydroxylation is 1. The SMILES string of the molecule is CCOc1ccc(/C(O)=C2/C(=O)C(=O)N(c3ccc(Oc4cccc(C)c4)cc3)C2c2cccs2)cc1C(C)C. The monoisotopic (exact) mass is 553 g/mol. The first kappa shape index (κ1) is 27.2. The summed E-state index contributed by atoms with van der Waals surface area (Å²) >= 11 is 1.43. The normalized spacial score (nSPS) is 16.5. The van der Waals surface area contributed by atoms with Crippen molar-refractivity contribution < 1.29 is 24.2 Å². The molecule has 204 valence electrons. The summed E-state index contributed by atoms with van der Waals surface area (Å²) in [5.74, 6) is 0.557.